The molecule has 3 N–H and O–H groups in total. The van der Waals surface area contributed by atoms with Crippen LogP contribution >= 0.6 is 12.2 Å². The fraction of sp³-hybridized carbons (Fsp3) is 0.0435. The maximum Gasteiger partial charge on any atom is 0.185 e. The van der Waals surface area contributed by atoms with Gasteiger partial charge in [0.2, 0.25) is 0 Å². The van der Waals surface area contributed by atoms with E-state index in [1.165, 1.54) is 12.1 Å². The van der Waals surface area contributed by atoms with Gasteiger partial charge in [0.05, 0.1) is 17.1 Å². The molecule has 30 heavy (non-hydrogen) atoms. The molecule has 0 aliphatic rings. The molecule has 0 aliphatic heterocycles. The number of halogens is 1. The van der Waals surface area contributed by atoms with E-state index in [2.05, 4.69) is 16.2 Å². The molecule has 0 saturated carbocycles. The highest BCUT2D eigenvalue weighted by atomic mass is 32.1. The van der Waals surface area contributed by atoms with Crippen LogP contribution in [0.2, 0.25) is 0 Å². The minimum absolute atomic E-state index is 0.279. The largest absolute Gasteiger partial charge is 0.357 e. The number of aromatic nitrogens is 2. The molecule has 0 unspecified atom stereocenters. The second kappa shape index (κ2) is 9.19. The average molecular weight is 418 g/mol. The van der Waals surface area contributed by atoms with Crippen LogP contribution in [0.15, 0.2) is 91.1 Å². The van der Waals surface area contributed by atoms with Crippen molar-refractivity contribution in [2.75, 3.05) is 5.43 Å². The van der Waals surface area contributed by atoms with Gasteiger partial charge in [0, 0.05) is 23.9 Å². The van der Waals surface area contributed by atoms with Gasteiger partial charge in [0.1, 0.15) is 5.82 Å². The van der Waals surface area contributed by atoms with E-state index >= 15 is 0 Å². The number of nitrogens with one attached hydrogen (secondary N) is 3. The van der Waals surface area contributed by atoms with E-state index in [4.69, 9.17) is 17.3 Å². The maximum atomic E-state index is 13.4. The first-order valence-corrected chi connectivity index (χ1v) is 9.85. The van der Waals surface area contributed by atoms with E-state index in [-0.39, 0.29) is 5.82 Å². The van der Waals surface area contributed by atoms with Crippen molar-refractivity contribution in [2.45, 2.75) is 6.54 Å². The van der Waals surface area contributed by atoms with Gasteiger partial charge >= 0.3 is 0 Å². The van der Waals surface area contributed by atoms with E-state index in [1.807, 2.05) is 71.5 Å². The van der Waals surface area contributed by atoms with Gasteiger partial charge in [-0.05, 0) is 60.7 Å². The minimum Gasteiger partial charge on any atom is -0.357 e. The first-order chi connectivity index (χ1) is 14.7. The Morgan fingerprint density at radius 1 is 0.900 bits per heavy atom. The molecule has 150 valence electrons. The van der Waals surface area contributed by atoms with E-state index in [0.717, 1.165) is 28.2 Å². The summed E-state index contributed by atoms with van der Waals surface area (Å²) in [5.74, 6) is -0.279. The summed E-state index contributed by atoms with van der Waals surface area (Å²) in [6.45, 7) is 0.460. The highest BCUT2D eigenvalue weighted by molar-refractivity contribution is 7.80. The zero-order valence-electron chi connectivity index (χ0n) is 16.0. The fourth-order valence-corrected chi connectivity index (χ4v) is 3.10. The van der Waals surface area contributed by atoms with Crippen molar-refractivity contribution < 1.29 is 4.39 Å². The monoisotopic (exact) mass is 417 g/mol. The lowest BCUT2D eigenvalue weighted by molar-refractivity contribution is 0.628. The molecule has 1 heterocycles. The van der Waals surface area contributed by atoms with Crippen LogP contribution in [0.1, 0.15) is 5.56 Å². The fourth-order valence-electron chi connectivity index (χ4n) is 2.97. The standard InChI is InChI=1S/C23H20FN5S/c24-19-13-11-17(12-14-19)22-18(16-29(28-22)21-9-5-2-6-10-21)15-25-23(30)27-26-20-7-3-1-4-8-20/h1-14,16,26H,15H2,(H2,25,27,30). The van der Waals surface area contributed by atoms with Gasteiger partial charge in [-0.1, -0.05) is 36.4 Å². The zero-order chi connectivity index (χ0) is 20.8. The Kier molecular flexibility index (Phi) is 6.01. The first kappa shape index (κ1) is 19.6. The molecule has 0 saturated heterocycles. The van der Waals surface area contributed by atoms with Gasteiger partial charge in [0.15, 0.2) is 5.11 Å². The number of nitrogens with zero attached hydrogens (tertiary/aromatic N) is 2. The topological polar surface area (TPSA) is 53.9 Å². The summed E-state index contributed by atoms with van der Waals surface area (Å²) in [7, 11) is 0. The lowest BCUT2D eigenvalue weighted by Crippen LogP contribution is -2.38. The summed E-state index contributed by atoms with van der Waals surface area (Å²) in [5, 5.41) is 8.37. The SMILES string of the molecule is Fc1ccc(-c2nn(-c3ccccc3)cc2CNC(=S)NNc2ccccc2)cc1. The molecule has 0 fully saturated rings. The normalized spacial score (nSPS) is 10.4. The van der Waals surface area contributed by atoms with Crippen LogP contribution in [0.25, 0.3) is 16.9 Å². The van der Waals surface area contributed by atoms with Gasteiger partial charge in [-0.25, -0.2) is 9.07 Å². The summed E-state index contributed by atoms with van der Waals surface area (Å²) in [5.41, 5.74) is 10.4. The van der Waals surface area contributed by atoms with Gasteiger partial charge in [0.25, 0.3) is 0 Å². The van der Waals surface area contributed by atoms with Crippen molar-refractivity contribution in [3.63, 3.8) is 0 Å². The van der Waals surface area contributed by atoms with Crippen molar-refractivity contribution in [3.8, 4) is 16.9 Å². The maximum absolute atomic E-state index is 13.4. The third-order valence-corrected chi connectivity index (χ3v) is 4.71. The molecule has 0 amide bonds. The molecule has 0 spiro atoms. The molecule has 7 heteroatoms. The number of rotatable bonds is 6. The lowest BCUT2D eigenvalue weighted by atomic mass is 10.1. The molecule has 4 rings (SSSR count). The number of hydrogen-bond donors (Lipinski definition) is 3. The van der Waals surface area contributed by atoms with Crippen LogP contribution in [0.4, 0.5) is 10.1 Å². The molecular weight excluding hydrogens is 397 g/mol. The summed E-state index contributed by atoms with van der Waals surface area (Å²) < 4.78 is 15.2. The number of thiocarbonyl (C=S) groups is 1. The number of anilines is 1. The predicted octanol–water partition coefficient (Wildman–Crippen LogP) is 4.67. The molecule has 0 bridgehead atoms. The van der Waals surface area contributed by atoms with Crippen LogP contribution in [0, 0.1) is 5.82 Å². The molecule has 0 radical (unpaired) electrons. The number of benzene rings is 3. The second-order valence-corrected chi connectivity index (χ2v) is 7.00. The van der Waals surface area contributed by atoms with Crippen LogP contribution in [-0.2, 0) is 6.54 Å². The van der Waals surface area contributed by atoms with E-state index in [0.29, 0.717) is 11.7 Å². The Morgan fingerprint density at radius 2 is 1.57 bits per heavy atom. The molecule has 3 aromatic carbocycles. The predicted molar refractivity (Wildman–Crippen MR) is 122 cm³/mol. The summed E-state index contributed by atoms with van der Waals surface area (Å²) in [6.07, 6.45) is 1.95. The van der Waals surface area contributed by atoms with Crippen molar-refractivity contribution in [1.29, 1.82) is 0 Å². The van der Waals surface area contributed by atoms with Crippen LogP contribution < -0.4 is 16.2 Å². The number of hydrazine groups is 1. The van der Waals surface area contributed by atoms with E-state index in [9.17, 15) is 4.39 Å². The lowest BCUT2D eigenvalue weighted by Gasteiger charge is -2.12. The summed E-state index contributed by atoms with van der Waals surface area (Å²) >= 11 is 5.37. The van der Waals surface area contributed by atoms with E-state index < -0.39 is 0 Å². The third kappa shape index (κ3) is 4.82. The smallest absolute Gasteiger partial charge is 0.185 e. The van der Waals surface area contributed by atoms with Crippen molar-refractivity contribution in [1.82, 2.24) is 20.5 Å². The Morgan fingerprint density at radius 3 is 2.27 bits per heavy atom. The van der Waals surface area contributed by atoms with Gasteiger partial charge in [-0.3, -0.25) is 10.9 Å². The van der Waals surface area contributed by atoms with Crippen molar-refractivity contribution in [2.24, 2.45) is 0 Å². The Bertz CT molecular complexity index is 1110. The number of hydrogen-bond acceptors (Lipinski definition) is 3. The van der Waals surface area contributed by atoms with Crippen molar-refractivity contribution >= 4 is 23.0 Å². The van der Waals surface area contributed by atoms with Gasteiger partial charge in [-0.15, -0.1) is 0 Å². The van der Waals surface area contributed by atoms with Crippen LogP contribution in [-0.4, -0.2) is 14.9 Å². The summed E-state index contributed by atoms with van der Waals surface area (Å²) in [6, 6.07) is 25.9. The van der Waals surface area contributed by atoms with Gasteiger partial charge in [-0.2, -0.15) is 5.10 Å². The second-order valence-electron chi connectivity index (χ2n) is 6.59. The molecule has 0 atom stereocenters. The average Bonchev–Trinajstić information content (AvgIpc) is 3.22. The van der Waals surface area contributed by atoms with Crippen LogP contribution in [0.5, 0.6) is 0 Å². The van der Waals surface area contributed by atoms with Gasteiger partial charge < -0.3 is 5.32 Å². The zero-order valence-corrected chi connectivity index (χ0v) is 16.9. The molecule has 1 aromatic heterocycles. The highest BCUT2D eigenvalue weighted by Gasteiger charge is 2.13. The third-order valence-electron chi connectivity index (χ3n) is 4.46. The molecular formula is C23H20FN5S. The summed E-state index contributed by atoms with van der Waals surface area (Å²) in [4.78, 5) is 0. The Balaban J connectivity index is 1.51. The minimum atomic E-state index is -0.279. The number of para-hydroxylation sites is 2. The Hall–Kier alpha value is -3.71. The quantitative estimate of drug-likeness (QED) is 0.314. The Labute approximate surface area is 179 Å². The molecule has 0 aliphatic carbocycles. The van der Waals surface area contributed by atoms with Crippen molar-refractivity contribution in [3.05, 3.63) is 103 Å². The molecule has 4 aromatic rings. The van der Waals surface area contributed by atoms with Crippen LogP contribution in [0.3, 0.4) is 0 Å². The highest BCUT2D eigenvalue weighted by Crippen LogP contribution is 2.24. The molecule has 5 nitrogen and oxygen atoms in total. The first-order valence-electron chi connectivity index (χ1n) is 9.44. The van der Waals surface area contributed by atoms with E-state index in [1.54, 1.807) is 12.1 Å².